The SMILES string of the molecule is CO/N=C(\C(=O)NC1C(=O)N(S(=O)(=O)O)C1C(=O)OC)c1csc(=O)[nH]1. The zero-order valence-electron chi connectivity index (χ0n) is 13.2. The number of rotatable bonds is 6. The van der Waals surface area contributed by atoms with Gasteiger partial charge in [-0.05, 0) is 0 Å². The first-order chi connectivity index (χ1) is 12.1. The highest BCUT2D eigenvalue weighted by Gasteiger charge is 2.58. The summed E-state index contributed by atoms with van der Waals surface area (Å²) in [5.41, 5.74) is -0.444. The van der Waals surface area contributed by atoms with E-state index in [0.717, 1.165) is 25.6 Å². The summed E-state index contributed by atoms with van der Waals surface area (Å²) in [7, 11) is -2.98. The van der Waals surface area contributed by atoms with E-state index in [0.29, 0.717) is 0 Å². The van der Waals surface area contributed by atoms with Gasteiger partial charge in [0.05, 0.1) is 12.8 Å². The van der Waals surface area contributed by atoms with Crippen LogP contribution in [0.4, 0.5) is 0 Å². The number of hydrogen-bond donors (Lipinski definition) is 3. The molecule has 0 aliphatic carbocycles. The molecule has 1 fully saturated rings. The first-order valence-electron chi connectivity index (χ1n) is 6.60. The average molecular weight is 408 g/mol. The lowest BCUT2D eigenvalue weighted by Crippen LogP contribution is -2.74. The fourth-order valence-corrected chi connectivity index (χ4v) is 3.52. The number of aromatic nitrogens is 1. The zero-order chi connectivity index (χ0) is 19.6. The van der Waals surface area contributed by atoms with Crippen LogP contribution in [0.5, 0.6) is 0 Å². The first kappa shape index (κ1) is 19.5. The quantitative estimate of drug-likeness (QED) is 0.150. The highest BCUT2D eigenvalue weighted by Crippen LogP contribution is 2.24. The Morgan fingerprint density at radius 2 is 2.04 bits per heavy atom. The largest absolute Gasteiger partial charge is 0.467 e. The van der Waals surface area contributed by atoms with Crippen molar-refractivity contribution >= 4 is 45.1 Å². The van der Waals surface area contributed by atoms with Gasteiger partial charge >= 0.3 is 21.1 Å². The van der Waals surface area contributed by atoms with Crippen molar-refractivity contribution in [1.82, 2.24) is 14.6 Å². The lowest BCUT2D eigenvalue weighted by atomic mass is 9.98. The van der Waals surface area contributed by atoms with Crippen LogP contribution in [0.1, 0.15) is 5.69 Å². The van der Waals surface area contributed by atoms with Crippen molar-refractivity contribution < 1.29 is 36.9 Å². The highest BCUT2D eigenvalue weighted by atomic mass is 32.2. The lowest BCUT2D eigenvalue weighted by molar-refractivity contribution is -0.162. The molecular formula is C11H12N4O9S2. The van der Waals surface area contributed by atoms with Gasteiger partial charge in [0.25, 0.3) is 11.8 Å². The van der Waals surface area contributed by atoms with Gasteiger partial charge in [-0.3, -0.25) is 18.9 Å². The molecule has 1 saturated heterocycles. The second kappa shape index (κ2) is 7.22. The Bertz CT molecular complexity index is 931. The number of nitrogens with one attached hydrogen (secondary N) is 2. The Balaban J connectivity index is 2.29. The number of H-pyrrole nitrogens is 1. The number of amides is 2. The van der Waals surface area contributed by atoms with E-state index in [1.54, 1.807) is 0 Å². The number of nitrogens with zero attached hydrogens (tertiary/aromatic N) is 2. The van der Waals surface area contributed by atoms with Crippen molar-refractivity contribution in [3.8, 4) is 0 Å². The molecule has 1 aliphatic rings. The summed E-state index contributed by atoms with van der Waals surface area (Å²) in [6.45, 7) is 0. The van der Waals surface area contributed by atoms with Crippen molar-refractivity contribution in [3.05, 3.63) is 20.7 Å². The topological polar surface area (TPSA) is 185 Å². The third kappa shape index (κ3) is 3.58. The third-order valence-electron chi connectivity index (χ3n) is 3.20. The van der Waals surface area contributed by atoms with Gasteiger partial charge in [-0.1, -0.05) is 16.5 Å². The molecule has 0 bridgehead atoms. The summed E-state index contributed by atoms with van der Waals surface area (Å²) in [6.07, 6.45) is 0. The fraction of sp³-hybridized carbons (Fsp3) is 0.364. The Kier molecular flexibility index (Phi) is 5.43. The number of esters is 1. The summed E-state index contributed by atoms with van der Waals surface area (Å²) in [4.78, 5) is 53.5. The van der Waals surface area contributed by atoms with E-state index >= 15 is 0 Å². The smallest absolute Gasteiger partial charge is 0.363 e. The molecule has 2 heterocycles. The predicted octanol–water partition coefficient (Wildman–Crippen LogP) is -2.54. The molecule has 2 amide bonds. The summed E-state index contributed by atoms with van der Waals surface area (Å²) >= 11 is 0.739. The molecule has 0 aromatic carbocycles. The number of aromatic amines is 1. The minimum atomic E-state index is -5.04. The summed E-state index contributed by atoms with van der Waals surface area (Å²) in [5.74, 6) is -3.48. The van der Waals surface area contributed by atoms with Crippen LogP contribution in [-0.2, 0) is 34.3 Å². The Morgan fingerprint density at radius 1 is 1.38 bits per heavy atom. The van der Waals surface area contributed by atoms with E-state index in [9.17, 15) is 27.6 Å². The monoisotopic (exact) mass is 408 g/mol. The van der Waals surface area contributed by atoms with Gasteiger partial charge < -0.3 is 19.9 Å². The van der Waals surface area contributed by atoms with Crippen LogP contribution in [0, 0.1) is 0 Å². The van der Waals surface area contributed by atoms with Crippen molar-refractivity contribution in [1.29, 1.82) is 0 Å². The number of oxime groups is 1. The van der Waals surface area contributed by atoms with E-state index < -0.39 is 50.8 Å². The maximum absolute atomic E-state index is 12.3. The third-order valence-corrected chi connectivity index (χ3v) is 4.78. The number of thiazole rings is 1. The molecule has 2 rings (SSSR count). The molecule has 15 heteroatoms. The number of hydrogen-bond acceptors (Lipinski definition) is 10. The second-order valence-corrected chi connectivity index (χ2v) is 6.85. The van der Waals surface area contributed by atoms with Crippen LogP contribution >= 0.6 is 11.3 Å². The van der Waals surface area contributed by atoms with E-state index in [4.69, 9.17) is 4.55 Å². The van der Waals surface area contributed by atoms with Crippen molar-refractivity contribution in [3.63, 3.8) is 0 Å². The molecule has 0 spiro atoms. The van der Waals surface area contributed by atoms with E-state index in [-0.39, 0.29) is 10.00 Å². The Hall–Kier alpha value is -2.78. The number of β-lactam (4-membered cyclic amide) rings is 1. The molecule has 26 heavy (non-hydrogen) atoms. The van der Waals surface area contributed by atoms with E-state index in [2.05, 4.69) is 25.0 Å². The van der Waals surface area contributed by atoms with Gasteiger partial charge in [-0.2, -0.15) is 12.7 Å². The molecule has 1 aromatic rings. The zero-order valence-corrected chi connectivity index (χ0v) is 14.8. The molecular weight excluding hydrogens is 396 g/mol. The van der Waals surface area contributed by atoms with E-state index in [1.165, 1.54) is 5.38 Å². The summed E-state index contributed by atoms with van der Waals surface area (Å²) in [5, 5.41) is 6.79. The van der Waals surface area contributed by atoms with E-state index in [1.807, 2.05) is 0 Å². The lowest BCUT2D eigenvalue weighted by Gasteiger charge is -2.41. The minimum Gasteiger partial charge on any atom is -0.467 e. The average Bonchev–Trinajstić information content (AvgIpc) is 2.98. The summed E-state index contributed by atoms with van der Waals surface area (Å²) < 4.78 is 35.7. The molecule has 0 radical (unpaired) electrons. The van der Waals surface area contributed by atoms with Crippen molar-refractivity contribution in [2.24, 2.45) is 5.16 Å². The first-order valence-corrected chi connectivity index (χ1v) is 8.88. The van der Waals surface area contributed by atoms with Crippen LogP contribution in [0.2, 0.25) is 0 Å². The van der Waals surface area contributed by atoms with Crippen molar-refractivity contribution in [2.45, 2.75) is 12.1 Å². The highest BCUT2D eigenvalue weighted by molar-refractivity contribution is 7.84. The van der Waals surface area contributed by atoms with Crippen molar-refractivity contribution in [2.75, 3.05) is 14.2 Å². The minimum absolute atomic E-state index is 0.0209. The van der Waals surface area contributed by atoms with Gasteiger partial charge in [0, 0.05) is 5.38 Å². The standard InChI is InChI=1S/C11H12N4O9S2/c1-23-10(18)7-6(9(17)15(7)26(20,21)22)13-8(16)5(14-24-2)4-3-25-11(19)12-4/h3,6-7H,1-2H3,(H,12,19)(H,13,16)(H,20,21,22)/b14-5-. The van der Waals surface area contributed by atoms with Crippen LogP contribution in [0.15, 0.2) is 15.3 Å². The predicted molar refractivity (Wildman–Crippen MR) is 84.6 cm³/mol. The van der Waals surface area contributed by atoms with Crippen LogP contribution in [0.25, 0.3) is 0 Å². The molecule has 0 saturated carbocycles. The summed E-state index contributed by atoms with van der Waals surface area (Å²) in [6, 6.07) is -3.43. The number of ether oxygens (including phenoxy) is 1. The van der Waals surface area contributed by atoms with Crippen LogP contribution in [0.3, 0.4) is 0 Å². The number of methoxy groups -OCH3 is 1. The molecule has 3 N–H and O–H groups in total. The maximum atomic E-state index is 12.3. The molecule has 13 nitrogen and oxygen atoms in total. The van der Waals surface area contributed by atoms with Gasteiger partial charge in [0.1, 0.15) is 13.2 Å². The Morgan fingerprint density at radius 3 is 2.50 bits per heavy atom. The number of carbonyl (C=O) groups excluding carboxylic acids is 3. The second-order valence-electron chi connectivity index (χ2n) is 4.72. The van der Waals surface area contributed by atoms with Gasteiger partial charge in [0.15, 0.2) is 11.8 Å². The molecule has 2 unspecified atom stereocenters. The molecule has 1 aliphatic heterocycles. The molecule has 2 atom stereocenters. The molecule has 1 aromatic heterocycles. The normalized spacial score (nSPS) is 20.3. The van der Waals surface area contributed by atoms with Crippen LogP contribution < -0.4 is 10.2 Å². The fourth-order valence-electron chi connectivity index (χ4n) is 2.12. The molecule has 142 valence electrons. The van der Waals surface area contributed by atoms with Gasteiger partial charge in [0.2, 0.25) is 0 Å². The Labute approximate surface area is 149 Å². The number of carbonyl (C=O) groups is 3. The van der Waals surface area contributed by atoms with Crippen LogP contribution in [-0.4, -0.2) is 72.1 Å². The van der Waals surface area contributed by atoms with Gasteiger partial charge in [-0.15, -0.1) is 0 Å². The van der Waals surface area contributed by atoms with Gasteiger partial charge in [-0.25, -0.2) is 4.79 Å². The maximum Gasteiger partial charge on any atom is 0.363 e.